The van der Waals surface area contributed by atoms with Crippen molar-refractivity contribution in [3.63, 3.8) is 0 Å². The minimum Gasteiger partial charge on any atom is -0.465 e. The van der Waals surface area contributed by atoms with Crippen LogP contribution < -0.4 is 21.3 Å². The van der Waals surface area contributed by atoms with Crippen molar-refractivity contribution in [3.05, 3.63) is 0 Å². The molecule has 4 fully saturated rings. The Bertz CT molecular complexity index is 1110. The van der Waals surface area contributed by atoms with Gasteiger partial charge in [-0.2, -0.15) is 0 Å². The van der Waals surface area contributed by atoms with Gasteiger partial charge in [0.2, 0.25) is 17.7 Å². The Labute approximate surface area is 287 Å². The molecule has 0 unspecified atom stereocenters. The Morgan fingerprint density at radius 2 is 0.938 bits per heavy atom. The molecule has 0 saturated heterocycles. The standard InChI is InChI=1S/C37H62N4O7/c1-5-6-19-47-35(45)31-18-10-14-27(31)22-40-33(43)29-16-8-12-25(29)20-38-32(42)28-15-7-11-24(28)21-39-34(44)30-17-9-13-26(30)23-41-36(46)48-37(2,3)4/h24-31H,5-23H2,1-4H3,(H,38,42)(H,39,44)(H,40,43)(H,41,46)/t24-,25-,26-,27-,28+,29+,30+,31+/m0/s1. The van der Waals surface area contributed by atoms with Crippen LogP contribution in [0.5, 0.6) is 0 Å². The first kappa shape index (κ1) is 38.0. The molecule has 0 spiro atoms. The van der Waals surface area contributed by atoms with E-state index >= 15 is 0 Å². The fourth-order valence-corrected chi connectivity index (χ4v) is 8.51. The van der Waals surface area contributed by atoms with Gasteiger partial charge in [0.05, 0.1) is 12.5 Å². The summed E-state index contributed by atoms with van der Waals surface area (Å²) >= 11 is 0. The third-order valence-corrected chi connectivity index (χ3v) is 11.2. The molecule has 4 aliphatic rings. The van der Waals surface area contributed by atoms with E-state index in [1.54, 1.807) is 0 Å². The van der Waals surface area contributed by atoms with E-state index in [9.17, 15) is 24.0 Å². The predicted molar refractivity (Wildman–Crippen MR) is 182 cm³/mol. The zero-order valence-electron chi connectivity index (χ0n) is 29.9. The highest BCUT2D eigenvalue weighted by molar-refractivity contribution is 5.82. The highest BCUT2D eigenvalue weighted by atomic mass is 16.6. The van der Waals surface area contributed by atoms with Crippen molar-refractivity contribution in [1.82, 2.24) is 21.3 Å². The van der Waals surface area contributed by atoms with Crippen LogP contribution in [0.2, 0.25) is 0 Å². The van der Waals surface area contributed by atoms with Crippen LogP contribution in [0.25, 0.3) is 0 Å². The van der Waals surface area contributed by atoms with E-state index in [-0.39, 0.29) is 71.0 Å². The average Bonchev–Trinajstić information content (AvgIpc) is 3.86. The summed E-state index contributed by atoms with van der Waals surface area (Å²) in [5, 5.41) is 12.3. The maximum atomic E-state index is 13.4. The van der Waals surface area contributed by atoms with Crippen LogP contribution in [-0.4, -0.2) is 68.2 Å². The van der Waals surface area contributed by atoms with Crippen molar-refractivity contribution in [2.75, 3.05) is 32.8 Å². The number of nitrogens with one attached hydrogen (secondary N) is 4. The molecule has 0 radical (unpaired) electrons. The van der Waals surface area contributed by atoms with Gasteiger partial charge in [-0.1, -0.05) is 39.0 Å². The Kier molecular flexibility index (Phi) is 14.4. The quantitative estimate of drug-likeness (QED) is 0.143. The second-order valence-corrected chi connectivity index (χ2v) is 15.8. The van der Waals surface area contributed by atoms with E-state index in [1.807, 2.05) is 20.8 Å². The Morgan fingerprint density at radius 1 is 0.562 bits per heavy atom. The first-order valence-electron chi connectivity index (χ1n) is 18.9. The first-order valence-corrected chi connectivity index (χ1v) is 18.9. The third kappa shape index (κ3) is 11.1. The van der Waals surface area contributed by atoms with Gasteiger partial charge in [0.1, 0.15) is 5.60 Å². The number of hydrogen-bond acceptors (Lipinski definition) is 7. The monoisotopic (exact) mass is 674 g/mol. The molecule has 0 aromatic heterocycles. The van der Waals surface area contributed by atoms with E-state index in [2.05, 4.69) is 28.2 Å². The number of amides is 4. The van der Waals surface area contributed by atoms with Gasteiger partial charge in [-0.3, -0.25) is 19.2 Å². The molecule has 4 N–H and O–H groups in total. The first-order chi connectivity index (χ1) is 23.0. The summed E-state index contributed by atoms with van der Waals surface area (Å²) in [4.78, 5) is 64.5. The number of carbonyl (C=O) groups is 5. The lowest BCUT2D eigenvalue weighted by molar-refractivity contribution is -0.150. The molecule has 4 saturated carbocycles. The molecule has 48 heavy (non-hydrogen) atoms. The van der Waals surface area contributed by atoms with E-state index in [1.165, 1.54) is 0 Å². The molecule has 0 aromatic carbocycles. The number of hydrogen-bond donors (Lipinski definition) is 4. The van der Waals surface area contributed by atoms with Gasteiger partial charge in [0.25, 0.3) is 0 Å². The normalized spacial score (nSPS) is 30.1. The second-order valence-electron chi connectivity index (χ2n) is 15.8. The van der Waals surface area contributed by atoms with Crippen LogP contribution in [0, 0.1) is 47.3 Å². The van der Waals surface area contributed by atoms with Crippen LogP contribution >= 0.6 is 0 Å². The zero-order chi connectivity index (χ0) is 34.7. The maximum Gasteiger partial charge on any atom is 0.407 e. The van der Waals surface area contributed by atoms with E-state index in [4.69, 9.17) is 9.47 Å². The predicted octanol–water partition coefficient (Wildman–Crippen LogP) is 4.87. The summed E-state index contributed by atoms with van der Waals surface area (Å²) in [6.07, 6.45) is 12.1. The van der Waals surface area contributed by atoms with Crippen molar-refractivity contribution >= 4 is 29.8 Å². The summed E-state index contributed by atoms with van der Waals surface area (Å²) in [5.41, 5.74) is -0.569. The third-order valence-electron chi connectivity index (χ3n) is 11.2. The minimum absolute atomic E-state index is 0.00617. The molecule has 272 valence electrons. The largest absolute Gasteiger partial charge is 0.465 e. The van der Waals surface area contributed by atoms with Crippen molar-refractivity contribution in [2.24, 2.45) is 47.3 Å². The number of alkyl carbamates (subject to hydrolysis) is 1. The van der Waals surface area contributed by atoms with Crippen molar-refractivity contribution in [2.45, 2.75) is 123 Å². The van der Waals surface area contributed by atoms with E-state index < -0.39 is 11.7 Å². The molecule has 11 heteroatoms. The number of rotatable bonds is 15. The zero-order valence-corrected chi connectivity index (χ0v) is 29.9. The summed E-state index contributed by atoms with van der Waals surface area (Å²) in [6.45, 7) is 9.88. The van der Waals surface area contributed by atoms with Gasteiger partial charge in [-0.15, -0.1) is 0 Å². The molecule has 4 rings (SSSR count). The van der Waals surface area contributed by atoms with Crippen LogP contribution in [0.4, 0.5) is 4.79 Å². The molecule has 0 aromatic rings. The highest BCUT2D eigenvalue weighted by Gasteiger charge is 2.39. The lowest BCUT2D eigenvalue weighted by Gasteiger charge is -2.25. The summed E-state index contributed by atoms with van der Waals surface area (Å²) in [7, 11) is 0. The lowest BCUT2D eigenvalue weighted by atomic mass is 9.91. The molecule has 0 heterocycles. The van der Waals surface area contributed by atoms with Crippen LogP contribution in [-0.2, 0) is 28.7 Å². The van der Waals surface area contributed by atoms with Gasteiger partial charge in [0, 0.05) is 43.9 Å². The smallest absolute Gasteiger partial charge is 0.407 e. The Balaban J connectivity index is 1.18. The number of unbranched alkanes of at least 4 members (excludes halogenated alkanes) is 1. The van der Waals surface area contributed by atoms with Gasteiger partial charge in [-0.05, 0) is 102 Å². The molecule has 4 aliphatic carbocycles. The van der Waals surface area contributed by atoms with Crippen LogP contribution in [0.1, 0.15) is 118 Å². The van der Waals surface area contributed by atoms with E-state index in [0.29, 0.717) is 32.8 Å². The lowest BCUT2D eigenvalue weighted by Crippen LogP contribution is -2.43. The van der Waals surface area contributed by atoms with Crippen molar-refractivity contribution < 1.29 is 33.4 Å². The van der Waals surface area contributed by atoms with Gasteiger partial charge >= 0.3 is 12.1 Å². The molecular formula is C37H62N4O7. The highest BCUT2D eigenvalue weighted by Crippen LogP contribution is 2.36. The topological polar surface area (TPSA) is 152 Å². The fraction of sp³-hybridized carbons (Fsp3) is 0.865. The molecule has 8 atom stereocenters. The maximum absolute atomic E-state index is 13.4. The Morgan fingerprint density at radius 3 is 1.33 bits per heavy atom. The number of esters is 1. The van der Waals surface area contributed by atoms with E-state index in [0.717, 1.165) is 89.9 Å². The summed E-state index contributed by atoms with van der Waals surface area (Å²) in [6, 6.07) is 0. The number of ether oxygens (including phenoxy) is 2. The molecule has 0 aliphatic heterocycles. The second kappa shape index (κ2) is 18.2. The Hall–Kier alpha value is -2.85. The molecule has 11 nitrogen and oxygen atoms in total. The SMILES string of the molecule is CCCCOC(=O)[C@@H]1CCC[C@H]1CNC(=O)[C@@H]1CCC[C@H]1CNC(=O)[C@@H]1CCC[C@H]1CNC(=O)[C@@H]1CCC[C@H]1CNC(=O)OC(C)(C)C. The van der Waals surface area contributed by atoms with Gasteiger partial charge in [-0.25, -0.2) is 4.79 Å². The number of carbonyl (C=O) groups excluding carboxylic acids is 5. The minimum atomic E-state index is -0.569. The van der Waals surface area contributed by atoms with Crippen molar-refractivity contribution in [1.29, 1.82) is 0 Å². The molecule has 0 bridgehead atoms. The van der Waals surface area contributed by atoms with Crippen LogP contribution in [0.3, 0.4) is 0 Å². The summed E-state index contributed by atoms with van der Waals surface area (Å²) in [5.74, 6) is -0.257. The van der Waals surface area contributed by atoms with Gasteiger partial charge < -0.3 is 30.7 Å². The molecular weight excluding hydrogens is 612 g/mol. The van der Waals surface area contributed by atoms with Crippen molar-refractivity contribution in [3.8, 4) is 0 Å². The molecule has 4 amide bonds. The average molecular weight is 675 g/mol. The summed E-state index contributed by atoms with van der Waals surface area (Å²) < 4.78 is 10.8. The fourth-order valence-electron chi connectivity index (χ4n) is 8.51. The van der Waals surface area contributed by atoms with Gasteiger partial charge in [0.15, 0.2) is 0 Å². The van der Waals surface area contributed by atoms with Crippen LogP contribution in [0.15, 0.2) is 0 Å².